The van der Waals surface area contributed by atoms with E-state index in [9.17, 15) is 4.79 Å². The molecule has 0 saturated heterocycles. The fourth-order valence-electron chi connectivity index (χ4n) is 2.18. The first-order chi connectivity index (χ1) is 11.7. The Kier molecular flexibility index (Phi) is 4.81. The number of hydrogen-bond acceptors (Lipinski definition) is 5. The Balaban J connectivity index is 1.79. The molecule has 0 aliphatic carbocycles. The average Bonchev–Trinajstić information content (AvgIpc) is 2.97. The monoisotopic (exact) mass is 345 g/mol. The van der Waals surface area contributed by atoms with Crippen molar-refractivity contribution >= 4 is 35.1 Å². The summed E-state index contributed by atoms with van der Waals surface area (Å²) in [4.78, 5) is 15.7. The van der Waals surface area contributed by atoms with Crippen LogP contribution >= 0.6 is 11.6 Å². The molecule has 0 aliphatic rings. The first-order valence-electron chi connectivity index (χ1n) is 7.44. The number of rotatable bonds is 5. The van der Waals surface area contributed by atoms with Gasteiger partial charge in [0.2, 0.25) is 0 Å². The van der Waals surface area contributed by atoms with Crippen molar-refractivity contribution < 1.29 is 9.53 Å². The molecule has 24 heavy (non-hydrogen) atoms. The maximum absolute atomic E-state index is 11.5. The van der Waals surface area contributed by atoms with Crippen molar-refractivity contribution in [3.05, 3.63) is 53.1 Å². The Labute approximate surface area is 143 Å². The van der Waals surface area contributed by atoms with Gasteiger partial charge in [-0.05, 0) is 30.7 Å². The van der Waals surface area contributed by atoms with Gasteiger partial charge in [-0.1, -0.05) is 35.9 Å². The zero-order valence-corrected chi connectivity index (χ0v) is 13.7. The largest absolute Gasteiger partial charge is 0.450 e. The number of carbonyl (C=O) groups is 1. The second-order valence-electron chi connectivity index (χ2n) is 4.91. The standard InChI is InChI=1S/C16H16ClN5O2/c1-2-24-16(23)20-15-19-14-9-5-8-13(22(14)21-15)18-10-11-6-3-4-7-12(11)17/h3-9,18H,2,10H2,1H3,(H,20,21,23). The fourth-order valence-corrected chi connectivity index (χ4v) is 2.38. The lowest BCUT2D eigenvalue weighted by atomic mass is 10.2. The molecule has 0 saturated carbocycles. The fraction of sp³-hybridized carbons (Fsp3) is 0.188. The molecule has 3 aromatic rings. The van der Waals surface area contributed by atoms with E-state index < -0.39 is 6.09 Å². The summed E-state index contributed by atoms with van der Waals surface area (Å²) in [6.45, 7) is 2.55. The van der Waals surface area contributed by atoms with Gasteiger partial charge in [-0.2, -0.15) is 9.50 Å². The third kappa shape index (κ3) is 3.57. The van der Waals surface area contributed by atoms with Crippen LogP contribution in [0.15, 0.2) is 42.5 Å². The normalized spacial score (nSPS) is 10.6. The highest BCUT2D eigenvalue weighted by Crippen LogP contribution is 2.18. The van der Waals surface area contributed by atoms with E-state index >= 15 is 0 Å². The lowest BCUT2D eigenvalue weighted by Gasteiger charge is -2.09. The molecule has 2 N–H and O–H groups in total. The molecule has 2 heterocycles. The van der Waals surface area contributed by atoms with Gasteiger partial charge in [0.25, 0.3) is 5.95 Å². The molecular formula is C16H16ClN5O2. The van der Waals surface area contributed by atoms with Crippen LogP contribution < -0.4 is 10.6 Å². The van der Waals surface area contributed by atoms with Crippen LogP contribution in [-0.2, 0) is 11.3 Å². The first kappa shape index (κ1) is 16.1. The summed E-state index contributed by atoms with van der Waals surface area (Å²) >= 11 is 6.16. The van der Waals surface area contributed by atoms with Crippen LogP contribution in [0.3, 0.4) is 0 Å². The SMILES string of the molecule is CCOC(=O)Nc1nc2cccc(NCc3ccccc3Cl)n2n1. The van der Waals surface area contributed by atoms with Crippen molar-refractivity contribution in [2.24, 2.45) is 0 Å². The van der Waals surface area contributed by atoms with Crippen molar-refractivity contribution in [3.63, 3.8) is 0 Å². The second-order valence-corrected chi connectivity index (χ2v) is 5.31. The Morgan fingerprint density at radius 1 is 1.25 bits per heavy atom. The highest BCUT2D eigenvalue weighted by atomic mass is 35.5. The van der Waals surface area contributed by atoms with Crippen molar-refractivity contribution in [2.45, 2.75) is 13.5 Å². The predicted octanol–water partition coefficient (Wildman–Crippen LogP) is 3.56. The van der Waals surface area contributed by atoms with Crippen molar-refractivity contribution in [1.82, 2.24) is 14.6 Å². The third-order valence-electron chi connectivity index (χ3n) is 3.27. The van der Waals surface area contributed by atoms with Gasteiger partial charge in [0.05, 0.1) is 6.61 Å². The maximum atomic E-state index is 11.5. The molecule has 0 aliphatic heterocycles. The quantitative estimate of drug-likeness (QED) is 0.739. The summed E-state index contributed by atoms with van der Waals surface area (Å²) in [5.41, 5.74) is 1.58. The number of amides is 1. The van der Waals surface area contributed by atoms with E-state index in [1.54, 1.807) is 17.5 Å². The molecule has 0 unspecified atom stereocenters. The van der Waals surface area contributed by atoms with Crippen LogP contribution in [-0.4, -0.2) is 27.3 Å². The van der Waals surface area contributed by atoms with E-state index in [-0.39, 0.29) is 12.6 Å². The minimum atomic E-state index is -0.584. The summed E-state index contributed by atoms with van der Waals surface area (Å²) in [5.74, 6) is 0.914. The zero-order valence-electron chi connectivity index (χ0n) is 13.0. The lowest BCUT2D eigenvalue weighted by molar-refractivity contribution is 0.167. The number of hydrogen-bond donors (Lipinski definition) is 2. The van der Waals surface area contributed by atoms with Crippen molar-refractivity contribution in [2.75, 3.05) is 17.2 Å². The van der Waals surface area contributed by atoms with E-state index in [1.807, 2.05) is 36.4 Å². The lowest BCUT2D eigenvalue weighted by Crippen LogP contribution is -2.14. The van der Waals surface area contributed by atoms with Gasteiger partial charge < -0.3 is 10.1 Å². The topological polar surface area (TPSA) is 80.5 Å². The number of anilines is 2. The van der Waals surface area contributed by atoms with E-state index in [0.29, 0.717) is 17.2 Å². The molecule has 0 atom stereocenters. The molecule has 2 aromatic heterocycles. The van der Waals surface area contributed by atoms with Gasteiger partial charge in [0.1, 0.15) is 5.82 Å². The minimum absolute atomic E-state index is 0.181. The molecule has 1 aromatic carbocycles. The summed E-state index contributed by atoms with van der Waals surface area (Å²) in [5, 5.41) is 10.7. The van der Waals surface area contributed by atoms with Crippen LogP contribution in [0.1, 0.15) is 12.5 Å². The summed E-state index contributed by atoms with van der Waals surface area (Å²) in [7, 11) is 0. The first-order valence-corrected chi connectivity index (χ1v) is 7.82. The highest BCUT2D eigenvalue weighted by molar-refractivity contribution is 6.31. The molecule has 124 valence electrons. The number of carbonyl (C=O) groups excluding carboxylic acids is 1. The molecule has 8 heteroatoms. The molecule has 3 rings (SSSR count). The molecule has 1 amide bonds. The van der Waals surface area contributed by atoms with E-state index in [2.05, 4.69) is 20.7 Å². The minimum Gasteiger partial charge on any atom is -0.450 e. The number of halogens is 1. The van der Waals surface area contributed by atoms with Crippen molar-refractivity contribution in [3.8, 4) is 0 Å². The summed E-state index contributed by atoms with van der Waals surface area (Å²) in [6.07, 6.45) is -0.584. The van der Waals surface area contributed by atoms with Gasteiger partial charge in [-0.25, -0.2) is 4.79 Å². The van der Waals surface area contributed by atoms with Crippen LogP contribution in [0, 0.1) is 0 Å². The van der Waals surface area contributed by atoms with Crippen LogP contribution in [0.25, 0.3) is 5.65 Å². The molecular weight excluding hydrogens is 330 g/mol. The van der Waals surface area contributed by atoms with Crippen LogP contribution in [0.5, 0.6) is 0 Å². The summed E-state index contributed by atoms with van der Waals surface area (Å²) in [6, 6.07) is 13.1. The van der Waals surface area contributed by atoms with Crippen LogP contribution in [0.4, 0.5) is 16.6 Å². The molecule has 7 nitrogen and oxygen atoms in total. The van der Waals surface area contributed by atoms with E-state index in [4.69, 9.17) is 16.3 Å². The van der Waals surface area contributed by atoms with Crippen LogP contribution in [0.2, 0.25) is 5.02 Å². The molecule has 0 bridgehead atoms. The van der Waals surface area contributed by atoms with Gasteiger partial charge in [-0.3, -0.25) is 5.32 Å². The van der Waals surface area contributed by atoms with Gasteiger partial charge in [0.15, 0.2) is 5.65 Å². The van der Waals surface area contributed by atoms with Gasteiger partial charge in [-0.15, -0.1) is 5.10 Å². The number of nitrogens with zero attached hydrogens (tertiary/aromatic N) is 3. The summed E-state index contributed by atoms with van der Waals surface area (Å²) < 4.78 is 6.43. The van der Waals surface area contributed by atoms with Gasteiger partial charge >= 0.3 is 6.09 Å². The molecule has 0 spiro atoms. The second kappa shape index (κ2) is 7.18. The Morgan fingerprint density at radius 2 is 2.08 bits per heavy atom. The Bertz CT molecular complexity index is 865. The predicted molar refractivity (Wildman–Crippen MR) is 92.4 cm³/mol. The Hall–Kier alpha value is -2.80. The Morgan fingerprint density at radius 3 is 2.88 bits per heavy atom. The maximum Gasteiger partial charge on any atom is 0.414 e. The zero-order chi connectivity index (χ0) is 16.9. The smallest absolute Gasteiger partial charge is 0.414 e. The number of benzene rings is 1. The molecule has 0 fully saturated rings. The molecule has 0 radical (unpaired) electrons. The average molecular weight is 346 g/mol. The number of ether oxygens (including phenoxy) is 1. The van der Waals surface area contributed by atoms with Crippen molar-refractivity contribution in [1.29, 1.82) is 0 Å². The number of aromatic nitrogens is 3. The van der Waals surface area contributed by atoms with E-state index in [1.165, 1.54) is 0 Å². The van der Waals surface area contributed by atoms with E-state index in [0.717, 1.165) is 11.4 Å². The van der Waals surface area contributed by atoms with Gasteiger partial charge in [0, 0.05) is 11.6 Å². The highest BCUT2D eigenvalue weighted by Gasteiger charge is 2.10. The number of pyridine rings is 1. The number of nitrogens with one attached hydrogen (secondary N) is 2. The number of fused-ring (bicyclic) bond motifs is 1. The third-order valence-corrected chi connectivity index (χ3v) is 3.64.